The molecule has 1 aromatic carbocycles. The summed E-state index contributed by atoms with van der Waals surface area (Å²) in [6.07, 6.45) is -0.237. The number of hydrogen-bond acceptors (Lipinski definition) is 4. The van der Waals surface area contributed by atoms with Crippen LogP contribution in [-0.4, -0.2) is 46.9 Å². The molecule has 1 heterocycles. The van der Waals surface area contributed by atoms with E-state index in [2.05, 4.69) is 5.32 Å². The topological polar surface area (TPSA) is 61.8 Å². The number of aliphatic hydroxyl groups excluding tert-OH is 1. The molecule has 6 heteroatoms. The van der Waals surface area contributed by atoms with E-state index in [9.17, 15) is 14.3 Å². The first-order valence-electron chi connectivity index (χ1n) is 8.33. The molecule has 0 bridgehead atoms. The highest BCUT2D eigenvalue weighted by Crippen LogP contribution is 2.20. The molecule has 2 rings (SSSR count). The SMILES string of the molecule is C[C@H](N[C@H]1CCN(C(=O)OC(C)(C)C)C1)[C@H](O)c1ccc(F)cc1. The van der Waals surface area contributed by atoms with Crippen LogP contribution in [0.25, 0.3) is 0 Å². The Morgan fingerprint density at radius 1 is 1.38 bits per heavy atom. The molecule has 0 radical (unpaired) electrons. The molecular weight excluding hydrogens is 311 g/mol. The first-order chi connectivity index (χ1) is 11.2. The fourth-order valence-corrected chi connectivity index (χ4v) is 2.80. The molecule has 1 saturated heterocycles. The lowest BCUT2D eigenvalue weighted by molar-refractivity contribution is 0.0289. The van der Waals surface area contributed by atoms with Crippen LogP contribution in [0.15, 0.2) is 24.3 Å². The van der Waals surface area contributed by atoms with Crippen LogP contribution in [0.1, 0.15) is 45.8 Å². The zero-order chi connectivity index (χ0) is 17.9. The van der Waals surface area contributed by atoms with Crippen LogP contribution in [0, 0.1) is 5.82 Å². The molecule has 0 unspecified atom stereocenters. The average molecular weight is 338 g/mol. The number of nitrogens with zero attached hydrogens (tertiary/aromatic N) is 1. The van der Waals surface area contributed by atoms with Crippen LogP contribution in [0.4, 0.5) is 9.18 Å². The third kappa shape index (κ3) is 5.18. The van der Waals surface area contributed by atoms with E-state index in [0.29, 0.717) is 18.7 Å². The van der Waals surface area contributed by atoms with E-state index in [1.807, 2.05) is 27.7 Å². The number of halogens is 1. The summed E-state index contributed by atoms with van der Waals surface area (Å²) in [4.78, 5) is 13.8. The van der Waals surface area contributed by atoms with Crippen molar-refractivity contribution in [1.82, 2.24) is 10.2 Å². The summed E-state index contributed by atoms with van der Waals surface area (Å²) in [7, 11) is 0. The smallest absolute Gasteiger partial charge is 0.410 e. The molecule has 1 aliphatic heterocycles. The number of rotatable bonds is 4. The molecule has 3 atom stereocenters. The van der Waals surface area contributed by atoms with Gasteiger partial charge in [0.05, 0.1) is 6.10 Å². The van der Waals surface area contributed by atoms with Crippen molar-refractivity contribution < 1.29 is 19.0 Å². The van der Waals surface area contributed by atoms with Crippen LogP contribution >= 0.6 is 0 Å². The molecule has 0 aromatic heterocycles. The van der Waals surface area contributed by atoms with E-state index >= 15 is 0 Å². The van der Waals surface area contributed by atoms with Crippen molar-refractivity contribution in [2.75, 3.05) is 13.1 Å². The largest absolute Gasteiger partial charge is 0.444 e. The molecular formula is C18H27FN2O3. The Kier molecular flexibility index (Phi) is 5.83. The minimum Gasteiger partial charge on any atom is -0.444 e. The van der Waals surface area contributed by atoms with Gasteiger partial charge < -0.3 is 20.1 Å². The van der Waals surface area contributed by atoms with Gasteiger partial charge in [0.1, 0.15) is 11.4 Å². The Bertz CT molecular complexity index is 556. The molecule has 0 aliphatic carbocycles. The monoisotopic (exact) mass is 338 g/mol. The van der Waals surface area contributed by atoms with Crippen molar-refractivity contribution in [3.05, 3.63) is 35.6 Å². The number of amides is 1. The van der Waals surface area contributed by atoms with Gasteiger partial charge in [-0.3, -0.25) is 0 Å². The van der Waals surface area contributed by atoms with Gasteiger partial charge in [0.15, 0.2) is 0 Å². The number of ether oxygens (including phenoxy) is 1. The van der Waals surface area contributed by atoms with Crippen LogP contribution < -0.4 is 5.32 Å². The van der Waals surface area contributed by atoms with Gasteiger partial charge in [0.2, 0.25) is 0 Å². The van der Waals surface area contributed by atoms with Gasteiger partial charge in [-0.2, -0.15) is 0 Å². The summed E-state index contributed by atoms with van der Waals surface area (Å²) in [6.45, 7) is 8.60. The Hall–Kier alpha value is -1.66. The predicted molar refractivity (Wildman–Crippen MR) is 90.2 cm³/mol. The van der Waals surface area contributed by atoms with Gasteiger partial charge in [0.25, 0.3) is 0 Å². The maximum atomic E-state index is 13.0. The van der Waals surface area contributed by atoms with E-state index in [0.717, 1.165) is 6.42 Å². The highest BCUT2D eigenvalue weighted by Gasteiger charge is 2.31. The molecule has 1 fully saturated rings. The van der Waals surface area contributed by atoms with Crippen LogP contribution in [-0.2, 0) is 4.74 Å². The average Bonchev–Trinajstić information content (AvgIpc) is 2.94. The van der Waals surface area contributed by atoms with E-state index < -0.39 is 11.7 Å². The molecule has 24 heavy (non-hydrogen) atoms. The van der Waals surface area contributed by atoms with Crippen molar-refractivity contribution in [2.24, 2.45) is 0 Å². The molecule has 0 spiro atoms. The van der Waals surface area contributed by atoms with Gasteiger partial charge in [0, 0.05) is 25.2 Å². The fourth-order valence-electron chi connectivity index (χ4n) is 2.80. The minimum absolute atomic E-state index is 0.0996. The van der Waals surface area contributed by atoms with Gasteiger partial charge in [-0.25, -0.2) is 9.18 Å². The van der Waals surface area contributed by atoms with Gasteiger partial charge >= 0.3 is 6.09 Å². The molecule has 0 saturated carbocycles. The molecule has 134 valence electrons. The number of benzene rings is 1. The first kappa shape index (κ1) is 18.7. The Morgan fingerprint density at radius 2 is 2.00 bits per heavy atom. The summed E-state index contributed by atoms with van der Waals surface area (Å²) in [5, 5.41) is 13.7. The highest BCUT2D eigenvalue weighted by atomic mass is 19.1. The summed E-state index contributed by atoms with van der Waals surface area (Å²) in [5.74, 6) is -0.324. The van der Waals surface area contributed by atoms with Crippen molar-refractivity contribution in [3.8, 4) is 0 Å². The number of hydrogen-bond donors (Lipinski definition) is 2. The molecule has 5 nitrogen and oxygen atoms in total. The summed E-state index contributed by atoms with van der Waals surface area (Å²) < 4.78 is 18.3. The number of carbonyl (C=O) groups excluding carboxylic acids is 1. The predicted octanol–water partition coefficient (Wildman–Crippen LogP) is 2.85. The zero-order valence-electron chi connectivity index (χ0n) is 14.8. The standard InChI is InChI=1S/C18H27FN2O3/c1-12(16(22)13-5-7-14(19)8-6-13)20-15-9-10-21(11-15)17(23)24-18(2,3)4/h5-8,12,15-16,20,22H,9-11H2,1-4H3/t12-,15-,16-/m0/s1. The minimum atomic E-state index is -0.735. The number of likely N-dealkylation sites (tertiary alicyclic amines) is 1. The van der Waals surface area contributed by atoms with Crippen LogP contribution in [0.5, 0.6) is 0 Å². The number of carbonyl (C=O) groups is 1. The van der Waals surface area contributed by atoms with Crippen molar-refractivity contribution in [2.45, 2.75) is 57.9 Å². The lowest BCUT2D eigenvalue weighted by Crippen LogP contribution is -2.43. The van der Waals surface area contributed by atoms with E-state index in [1.54, 1.807) is 17.0 Å². The van der Waals surface area contributed by atoms with Gasteiger partial charge in [-0.1, -0.05) is 12.1 Å². The summed E-state index contributed by atoms with van der Waals surface area (Å²) in [5.41, 5.74) is 0.160. The van der Waals surface area contributed by atoms with E-state index in [-0.39, 0.29) is 24.0 Å². The Labute approximate surface area is 142 Å². The van der Waals surface area contributed by atoms with Crippen LogP contribution in [0.3, 0.4) is 0 Å². The zero-order valence-corrected chi connectivity index (χ0v) is 14.8. The third-order valence-corrected chi connectivity index (χ3v) is 4.02. The van der Waals surface area contributed by atoms with Crippen LogP contribution in [0.2, 0.25) is 0 Å². The summed E-state index contributed by atoms with van der Waals surface area (Å²) >= 11 is 0. The van der Waals surface area contributed by atoms with Gasteiger partial charge in [-0.05, 0) is 51.8 Å². The number of aliphatic hydroxyl groups is 1. The van der Waals surface area contributed by atoms with Crippen molar-refractivity contribution >= 4 is 6.09 Å². The lowest BCUT2D eigenvalue weighted by Gasteiger charge is -2.26. The second-order valence-electron chi connectivity index (χ2n) is 7.36. The van der Waals surface area contributed by atoms with Gasteiger partial charge in [-0.15, -0.1) is 0 Å². The Balaban J connectivity index is 1.86. The van der Waals surface area contributed by atoms with Crippen molar-refractivity contribution in [1.29, 1.82) is 0 Å². The molecule has 2 N–H and O–H groups in total. The fraction of sp³-hybridized carbons (Fsp3) is 0.611. The highest BCUT2D eigenvalue weighted by molar-refractivity contribution is 5.68. The molecule has 1 amide bonds. The van der Waals surface area contributed by atoms with E-state index in [4.69, 9.17) is 4.74 Å². The maximum absolute atomic E-state index is 13.0. The van der Waals surface area contributed by atoms with Crippen molar-refractivity contribution in [3.63, 3.8) is 0 Å². The normalized spacial score (nSPS) is 20.8. The quantitative estimate of drug-likeness (QED) is 0.886. The third-order valence-electron chi connectivity index (χ3n) is 4.02. The second-order valence-corrected chi connectivity index (χ2v) is 7.36. The molecule has 1 aliphatic rings. The lowest BCUT2D eigenvalue weighted by atomic mass is 10.0. The number of nitrogens with one attached hydrogen (secondary N) is 1. The second kappa shape index (κ2) is 7.49. The molecule has 1 aromatic rings. The first-order valence-corrected chi connectivity index (χ1v) is 8.33. The van der Waals surface area contributed by atoms with E-state index in [1.165, 1.54) is 12.1 Å². The summed E-state index contributed by atoms with van der Waals surface area (Å²) in [6, 6.07) is 5.73. The Morgan fingerprint density at radius 3 is 2.58 bits per heavy atom. The maximum Gasteiger partial charge on any atom is 0.410 e.